The highest BCUT2D eigenvalue weighted by Crippen LogP contribution is 2.12. The van der Waals surface area contributed by atoms with Gasteiger partial charge >= 0.3 is 5.97 Å². The molecule has 2 N–H and O–H groups in total. The Kier molecular flexibility index (Phi) is 7.97. The number of sulfonamides is 1. The fourth-order valence-corrected chi connectivity index (χ4v) is 3.08. The Morgan fingerprint density at radius 1 is 1.18 bits per heavy atom. The second-order valence-electron chi connectivity index (χ2n) is 5.76. The van der Waals surface area contributed by atoms with Gasteiger partial charge < -0.3 is 14.5 Å². The molecule has 0 unspecified atom stereocenters. The number of esters is 1. The Labute approximate surface area is 163 Å². The number of furan rings is 1. The van der Waals surface area contributed by atoms with Crippen molar-refractivity contribution in [2.24, 2.45) is 0 Å². The van der Waals surface area contributed by atoms with Crippen molar-refractivity contribution in [1.29, 1.82) is 0 Å². The van der Waals surface area contributed by atoms with Crippen molar-refractivity contribution in [2.75, 3.05) is 13.2 Å². The Morgan fingerprint density at radius 2 is 1.93 bits per heavy atom. The zero-order chi connectivity index (χ0) is 20.4. The van der Waals surface area contributed by atoms with Gasteiger partial charge in [0, 0.05) is 12.6 Å². The Balaban J connectivity index is 1.86. The number of carbonyl (C=O) groups is 2. The molecule has 2 aromatic rings. The minimum Gasteiger partial charge on any atom is -0.468 e. The zero-order valence-electron chi connectivity index (χ0n) is 15.4. The van der Waals surface area contributed by atoms with Crippen LogP contribution in [-0.4, -0.2) is 33.4 Å². The van der Waals surface area contributed by atoms with Gasteiger partial charge in [-0.15, -0.1) is 0 Å². The molecular weight excluding hydrogens is 384 g/mol. The molecule has 1 amide bonds. The first-order valence-corrected chi connectivity index (χ1v) is 10.1. The lowest BCUT2D eigenvalue weighted by atomic mass is 10.2. The molecule has 2 rings (SSSR count). The standard InChI is InChI=1S/C19H22N2O6S/c1-2-11-20-18(22)14-27-19(23)10-7-15-5-8-17(9-6-15)28(24,25)21-13-16-4-3-12-26-16/h3-10,12,21H,2,11,13-14H2,1H3,(H,20,22)/b10-7+. The molecular formula is C19H22N2O6S. The number of benzene rings is 1. The molecule has 0 fully saturated rings. The fraction of sp³-hybridized carbons (Fsp3) is 0.263. The fourth-order valence-electron chi connectivity index (χ4n) is 2.09. The molecule has 0 aliphatic rings. The zero-order valence-corrected chi connectivity index (χ0v) is 16.2. The molecule has 28 heavy (non-hydrogen) atoms. The molecule has 1 aromatic heterocycles. The Morgan fingerprint density at radius 3 is 2.57 bits per heavy atom. The van der Waals surface area contributed by atoms with E-state index in [1.165, 1.54) is 30.5 Å². The van der Waals surface area contributed by atoms with Crippen LogP contribution in [0.3, 0.4) is 0 Å². The first-order chi connectivity index (χ1) is 13.4. The van der Waals surface area contributed by atoms with Gasteiger partial charge in [-0.1, -0.05) is 19.1 Å². The molecule has 1 heterocycles. The van der Waals surface area contributed by atoms with Crippen LogP contribution in [0.2, 0.25) is 0 Å². The van der Waals surface area contributed by atoms with Crippen LogP contribution >= 0.6 is 0 Å². The largest absolute Gasteiger partial charge is 0.468 e. The summed E-state index contributed by atoms with van der Waals surface area (Å²) in [5.74, 6) is -0.520. The van der Waals surface area contributed by atoms with Crippen LogP contribution in [0.15, 0.2) is 58.1 Å². The van der Waals surface area contributed by atoms with Crippen LogP contribution in [0.4, 0.5) is 0 Å². The first kappa shape index (κ1) is 21.4. The summed E-state index contributed by atoms with van der Waals surface area (Å²) in [5.41, 5.74) is 0.609. The molecule has 0 saturated carbocycles. The molecule has 8 nitrogen and oxygen atoms in total. The minimum absolute atomic E-state index is 0.0503. The quantitative estimate of drug-likeness (QED) is 0.460. The third-order valence-electron chi connectivity index (χ3n) is 3.54. The van der Waals surface area contributed by atoms with E-state index in [0.717, 1.165) is 6.42 Å². The molecule has 0 atom stereocenters. The van der Waals surface area contributed by atoms with E-state index in [4.69, 9.17) is 9.15 Å². The average molecular weight is 406 g/mol. The highest BCUT2D eigenvalue weighted by Gasteiger charge is 2.14. The van der Waals surface area contributed by atoms with E-state index in [2.05, 4.69) is 10.0 Å². The first-order valence-electron chi connectivity index (χ1n) is 8.64. The van der Waals surface area contributed by atoms with Gasteiger partial charge in [0.1, 0.15) is 5.76 Å². The van der Waals surface area contributed by atoms with Crippen molar-refractivity contribution >= 4 is 28.0 Å². The third-order valence-corrected chi connectivity index (χ3v) is 4.95. The second-order valence-corrected chi connectivity index (χ2v) is 7.53. The van der Waals surface area contributed by atoms with Crippen molar-refractivity contribution in [3.8, 4) is 0 Å². The van der Waals surface area contributed by atoms with E-state index < -0.39 is 16.0 Å². The van der Waals surface area contributed by atoms with Gasteiger partial charge in [0.2, 0.25) is 10.0 Å². The van der Waals surface area contributed by atoms with Gasteiger partial charge in [0.15, 0.2) is 6.61 Å². The van der Waals surface area contributed by atoms with Gasteiger partial charge in [0.25, 0.3) is 5.91 Å². The third kappa shape index (κ3) is 7.01. The molecule has 1 aromatic carbocycles. The number of amides is 1. The van der Waals surface area contributed by atoms with Crippen LogP contribution in [-0.2, 0) is 30.9 Å². The number of nitrogens with one attached hydrogen (secondary N) is 2. The maximum atomic E-state index is 12.2. The summed E-state index contributed by atoms with van der Waals surface area (Å²) >= 11 is 0. The molecule has 0 aliphatic heterocycles. The monoisotopic (exact) mass is 406 g/mol. The summed E-state index contributed by atoms with van der Waals surface area (Å²) in [6.45, 7) is 2.15. The van der Waals surface area contributed by atoms with Crippen molar-refractivity contribution < 1.29 is 27.2 Å². The van der Waals surface area contributed by atoms with E-state index in [9.17, 15) is 18.0 Å². The second kappa shape index (κ2) is 10.4. The smallest absolute Gasteiger partial charge is 0.331 e. The predicted octanol–water partition coefficient (Wildman–Crippen LogP) is 1.84. The average Bonchev–Trinajstić information content (AvgIpc) is 3.21. The topological polar surface area (TPSA) is 115 Å². The maximum absolute atomic E-state index is 12.2. The van der Waals surface area contributed by atoms with Crippen LogP contribution in [0.5, 0.6) is 0 Å². The van der Waals surface area contributed by atoms with Gasteiger partial charge in [-0.05, 0) is 42.3 Å². The number of carbonyl (C=O) groups excluding carboxylic acids is 2. The number of ether oxygens (including phenoxy) is 1. The van der Waals surface area contributed by atoms with E-state index in [-0.39, 0.29) is 24.0 Å². The van der Waals surface area contributed by atoms with Crippen LogP contribution in [0, 0.1) is 0 Å². The van der Waals surface area contributed by atoms with Crippen LogP contribution in [0.25, 0.3) is 6.08 Å². The minimum atomic E-state index is -3.68. The van der Waals surface area contributed by atoms with Gasteiger partial charge in [-0.25, -0.2) is 17.9 Å². The van der Waals surface area contributed by atoms with Crippen LogP contribution in [0.1, 0.15) is 24.7 Å². The Bertz CT molecular complexity index is 902. The summed E-state index contributed by atoms with van der Waals surface area (Å²) in [7, 11) is -3.68. The lowest BCUT2D eigenvalue weighted by Gasteiger charge is -2.06. The lowest BCUT2D eigenvalue weighted by Crippen LogP contribution is -2.28. The maximum Gasteiger partial charge on any atom is 0.331 e. The van der Waals surface area contributed by atoms with Crippen molar-refractivity contribution in [2.45, 2.75) is 24.8 Å². The SMILES string of the molecule is CCCNC(=O)COC(=O)/C=C/c1ccc(S(=O)(=O)NCc2ccco2)cc1. The Hall–Kier alpha value is -2.91. The summed E-state index contributed by atoms with van der Waals surface area (Å²) in [4.78, 5) is 23.1. The number of rotatable bonds is 10. The summed E-state index contributed by atoms with van der Waals surface area (Å²) in [6.07, 6.45) is 4.90. The molecule has 0 radical (unpaired) electrons. The summed E-state index contributed by atoms with van der Waals surface area (Å²) in [5, 5.41) is 2.59. The molecule has 0 spiro atoms. The van der Waals surface area contributed by atoms with E-state index in [1.807, 2.05) is 6.92 Å². The highest BCUT2D eigenvalue weighted by atomic mass is 32.2. The van der Waals surface area contributed by atoms with Crippen molar-refractivity contribution in [3.63, 3.8) is 0 Å². The van der Waals surface area contributed by atoms with Gasteiger partial charge in [-0.2, -0.15) is 0 Å². The normalized spacial score (nSPS) is 11.5. The van der Waals surface area contributed by atoms with E-state index in [1.54, 1.807) is 24.3 Å². The number of hydrogen-bond acceptors (Lipinski definition) is 6. The molecule has 9 heteroatoms. The molecule has 0 bridgehead atoms. The lowest BCUT2D eigenvalue weighted by molar-refractivity contribution is -0.143. The summed E-state index contributed by atoms with van der Waals surface area (Å²) in [6, 6.07) is 9.30. The van der Waals surface area contributed by atoms with Crippen LogP contribution < -0.4 is 10.0 Å². The van der Waals surface area contributed by atoms with E-state index in [0.29, 0.717) is 17.9 Å². The van der Waals surface area contributed by atoms with E-state index >= 15 is 0 Å². The highest BCUT2D eigenvalue weighted by molar-refractivity contribution is 7.89. The molecule has 150 valence electrons. The predicted molar refractivity (Wildman–Crippen MR) is 102 cm³/mol. The van der Waals surface area contributed by atoms with Crippen molar-refractivity contribution in [1.82, 2.24) is 10.0 Å². The molecule has 0 aliphatic carbocycles. The number of hydrogen-bond donors (Lipinski definition) is 2. The summed E-state index contributed by atoms with van der Waals surface area (Å²) < 4.78 is 36.8. The van der Waals surface area contributed by atoms with Gasteiger partial charge in [-0.3, -0.25) is 4.79 Å². The van der Waals surface area contributed by atoms with Gasteiger partial charge in [0.05, 0.1) is 17.7 Å². The molecule has 0 saturated heterocycles. The van der Waals surface area contributed by atoms with Crippen molar-refractivity contribution in [3.05, 3.63) is 60.1 Å².